The van der Waals surface area contributed by atoms with Crippen LogP contribution in [0.25, 0.3) is 0 Å². The van der Waals surface area contributed by atoms with Crippen LogP contribution in [0.15, 0.2) is 30.5 Å². The fourth-order valence-corrected chi connectivity index (χ4v) is 2.27. The molecule has 0 aliphatic heterocycles. The quantitative estimate of drug-likeness (QED) is 0.854. The molecule has 0 spiro atoms. The smallest absolute Gasteiger partial charge is 0.340 e. The third-order valence-electron chi connectivity index (χ3n) is 2.28. The average Bonchev–Trinajstić information content (AvgIpc) is 2.64. The summed E-state index contributed by atoms with van der Waals surface area (Å²) in [7, 11) is 0. The van der Waals surface area contributed by atoms with Crippen molar-refractivity contribution in [2.45, 2.75) is 6.54 Å². The molecule has 6 heteroatoms. The molecule has 0 fully saturated rings. The van der Waals surface area contributed by atoms with E-state index in [1.807, 2.05) is 40.8 Å². The Labute approximate surface area is 116 Å². The third kappa shape index (κ3) is 2.61. The van der Waals surface area contributed by atoms with Gasteiger partial charge in [0.2, 0.25) is 0 Å². The van der Waals surface area contributed by atoms with Gasteiger partial charge in [-0.2, -0.15) is 5.10 Å². The number of rotatable bonds is 3. The minimum Gasteiger partial charge on any atom is -0.478 e. The number of benzene rings is 1. The molecule has 4 nitrogen and oxygen atoms in total. The van der Waals surface area contributed by atoms with Crippen molar-refractivity contribution in [1.29, 1.82) is 0 Å². The summed E-state index contributed by atoms with van der Waals surface area (Å²) in [5.41, 5.74) is 1.12. The molecular formula is C11H8ClIN2O2. The first-order chi connectivity index (χ1) is 8.09. The Morgan fingerprint density at radius 3 is 2.76 bits per heavy atom. The largest absolute Gasteiger partial charge is 0.478 e. The number of hydrogen-bond donors (Lipinski definition) is 1. The van der Waals surface area contributed by atoms with E-state index in [1.165, 1.54) is 6.20 Å². The first-order valence-corrected chi connectivity index (χ1v) is 6.23. The predicted octanol–water partition coefficient (Wildman–Crippen LogP) is 2.89. The lowest BCUT2D eigenvalue weighted by atomic mass is 10.2. The number of carboxylic acids is 1. The monoisotopic (exact) mass is 362 g/mol. The first kappa shape index (κ1) is 12.4. The van der Waals surface area contributed by atoms with Crippen molar-refractivity contribution in [1.82, 2.24) is 9.78 Å². The molecule has 0 aliphatic carbocycles. The number of aromatic carboxylic acids is 1. The van der Waals surface area contributed by atoms with Crippen molar-refractivity contribution < 1.29 is 9.90 Å². The molecule has 1 aromatic heterocycles. The zero-order valence-electron chi connectivity index (χ0n) is 8.60. The summed E-state index contributed by atoms with van der Waals surface area (Å²) in [6, 6.07) is 7.42. The number of hydrogen-bond acceptors (Lipinski definition) is 2. The standard InChI is InChI=1S/C11H8ClIN2O2/c12-9-4-2-1-3-7(9)6-15-10(13)8(5-14-15)11(16)17/h1-5H,6H2,(H,16,17). The Bertz CT molecular complexity index is 568. The molecule has 0 aliphatic rings. The van der Waals surface area contributed by atoms with Gasteiger partial charge in [-0.15, -0.1) is 0 Å². The van der Waals surface area contributed by atoms with Crippen LogP contribution in [-0.2, 0) is 6.54 Å². The van der Waals surface area contributed by atoms with E-state index < -0.39 is 5.97 Å². The van der Waals surface area contributed by atoms with E-state index in [1.54, 1.807) is 10.7 Å². The van der Waals surface area contributed by atoms with Gasteiger partial charge in [-0.1, -0.05) is 29.8 Å². The molecule has 0 atom stereocenters. The molecule has 2 aromatic rings. The van der Waals surface area contributed by atoms with Gasteiger partial charge in [-0.25, -0.2) is 4.79 Å². The SMILES string of the molecule is O=C(O)c1cnn(Cc2ccccc2Cl)c1I. The Morgan fingerprint density at radius 2 is 2.18 bits per heavy atom. The highest BCUT2D eigenvalue weighted by atomic mass is 127. The maximum Gasteiger partial charge on any atom is 0.340 e. The summed E-state index contributed by atoms with van der Waals surface area (Å²) < 4.78 is 2.21. The van der Waals surface area contributed by atoms with Crippen LogP contribution >= 0.6 is 34.2 Å². The summed E-state index contributed by atoms with van der Waals surface area (Å²) in [6.45, 7) is 0.464. The van der Waals surface area contributed by atoms with E-state index in [9.17, 15) is 4.79 Å². The maximum atomic E-state index is 10.9. The third-order valence-corrected chi connectivity index (χ3v) is 3.79. The fraction of sp³-hybridized carbons (Fsp3) is 0.0909. The zero-order chi connectivity index (χ0) is 12.4. The number of halogens is 2. The average molecular weight is 363 g/mol. The normalized spacial score (nSPS) is 10.5. The van der Waals surface area contributed by atoms with Crippen molar-refractivity contribution in [3.8, 4) is 0 Å². The number of aromatic nitrogens is 2. The molecule has 1 heterocycles. The number of carbonyl (C=O) groups is 1. The minimum atomic E-state index is -0.972. The van der Waals surface area contributed by atoms with E-state index in [2.05, 4.69) is 5.10 Å². The molecule has 2 rings (SSSR count). The van der Waals surface area contributed by atoms with Crippen LogP contribution in [-0.4, -0.2) is 20.9 Å². The van der Waals surface area contributed by atoms with Gasteiger partial charge in [0.05, 0.1) is 12.7 Å². The van der Waals surface area contributed by atoms with Crippen LogP contribution in [0.3, 0.4) is 0 Å². The summed E-state index contributed by atoms with van der Waals surface area (Å²) in [5, 5.41) is 13.6. The van der Waals surface area contributed by atoms with Gasteiger partial charge in [0, 0.05) is 5.02 Å². The van der Waals surface area contributed by atoms with Gasteiger partial charge in [-0.05, 0) is 34.2 Å². The second kappa shape index (κ2) is 5.05. The summed E-state index contributed by atoms with van der Waals surface area (Å²) in [5.74, 6) is -0.972. The lowest BCUT2D eigenvalue weighted by Crippen LogP contribution is -2.06. The van der Waals surface area contributed by atoms with Crippen LogP contribution in [0, 0.1) is 3.70 Å². The number of nitrogens with zero attached hydrogens (tertiary/aromatic N) is 2. The molecule has 0 radical (unpaired) electrons. The maximum absolute atomic E-state index is 10.9. The Balaban J connectivity index is 2.31. The highest BCUT2D eigenvalue weighted by molar-refractivity contribution is 14.1. The van der Waals surface area contributed by atoms with Crippen molar-refractivity contribution in [2.75, 3.05) is 0 Å². The second-order valence-corrected chi connectivity index (χ2v) is 4.83. The van der Waals surface area contributed by atoms with Gasteiger partial charge in [0.15, 0.2) is 0 Å². The van der Waals surface area contributed by atoms with Gasteiger partial charge in [-0.3, -0.25) is 4.68 Å². The van der Waals surface area contributed by atoms with E-state index in [0.29, 0.717) is 15.3 Å². The minimum absolute atomic E-state index is 0.206. The molecule has 17 heavy (non-hydrogen) atoms. The predicted molar refractivity (Wildman–Crippen MR) is 72.5 cm³/mol. The van der Waals surface area contributed by atoms with Crippen molar-refractivity contribution in [3.05, 3.63) is 50.3 Å². The molecule has 0 amide bonds. The van der Waals surface area contributed by atoms with E-state index in [0.717, 1.165) is 5.56 Å². The Kier molecular flexibility index (Phi) is 3.68. The van der Waals surface area contributed by atoms with Crippen molar-refractivity contribution in [3.63, 3.8) is 0 Å². The van der Waals surface area contributed by atoms with Gasteiger partial charge in [0.1, 0.15) is 9.26 Å². The summed E-state index contributed by atoms with van der Waals surface area (Å²) >= 11 is 8.00. The van der Waals surface area contributed by atoms with Gasteiger partial charge < -0.3 is 5.11 Å². The molecule has 0 bridgehead atoms. The second-order valence-electron chi connectivity index (χ2n) is 3.40. The molecule has 88 valence electrons. The Morgan fingerprint density at radius 1 is 1.47 bits per heavy atom. The van der Waals surface area contributed by atoms with Crippen LogP contribution in [0.5, 0.6) is 0 Å². The van der Waals surface area contributed by atoms with Crippen LogP contribution < -0.4 is 0 Å². The molecule has 0 saturated carbocycles. The number of carboxylic acid groups (broad SMARTS) is 1. The topological polar surface area (TPSA) is 55.1 Å². The van der Waals surface area contributed by atoms with Crippen LogP contribution in [0.1, 0.15) is 15.9 Å². The van der Waals surface area contributed by atoms with Crippen LogP contribution in [0.4, 0.5) is 0 Å². The van der Waals surface area contributed by atoms with E-state index in [-0.39, 0.29) is 5.56 Å². The summed E-state index contributed by atoms with van der Waals surface area (Å²) in [4.78, 5) is 10.9. The molecule has 1 N–H and O–H groups in total. The fourth-order valence-electron chi connectivity index (χ4n) is 1.41. The summed E-state index contributed by atoms with van der Waals surface area (Å²) in [6.07, 6.45) is 1.35. The van der Waals surface area contributed by atoms with E-state index in [4.69, 9.17) is 16.7 Å². The zero-order valence-corrected chi connectivity index (χ0v) is 11.5. The molecule has 1 aromatic carbocycles. The Hall–Kier alpha value is -1.08. The van der Waals surface area contributed by atoms with Crippen molar-refractivity contribution >= 4 is 40.2 Å². The highest BCUT2D eigenvalue weighted by Crippen LogP contribution is 2.18. The van der Waals surface area contributed by atoms with Gasteiger partial charge in [0.25, 0.3) is 0 Å². The molecule has 0 unspecified atom stereocenters. The molecule has 0 saturated heterocycles. The van der Waals surface area contributed by atoms with Crippen molar-refractivity contribution in [2.24, 2.45) is 0 Å². The van der Waals surface area contributed by atoms with Crippen LogP contribution in [0.2, 0.25) is 5.02 Å². The van der Waals surface area contributed by atoms with E-state index >= 15 is 0 Å². The molecular weight excluding hydrogens is 354 g/mol. The lowest BCUT2D eigenvalue weighted by molar-refractivity contribution is 0.0695. The lowest BCUT2D eigenvalue weighted by Gasteiger charge is -2.05. The van der Waals surface area contributed by atoms with Gasteiger partial charge >= 0.3 is 5.97 Å². The first-order valence-electron chi connectivity index (χ1n) is 4.77. The highest BCUT2D eigenvalue weighted by Gasteiger charge is 2.14.